The van der Waals surface area contributed by atoms with Crippen molar-refractivity contribution >= 4 is 11.6 Å². The molecular formula is C19H15FN6O. The Morgan fingerprint density at radius 1 is 1.15 bits per heavy atom. The van der Waals surface area contributed by atoms with E-state index in [0.717, 1.165) is 11.1 Å². The van der Waals surface area contributed by atoms with Gasteiger partial charge in [0.25, 0.3) is 5.91 Å². The van der Waals surface area contributed by atoms with Gasteiger partial charge in [-0.05, 0) is 30.7 Å². The molecule has 1 amide bonds. The minimum absolute atomic E-state index is 0.133. The summed E-state index contributed by atoms with van der Waals surface area (Å²) in [6.07, 6.45) is 3.36. The second-order valence-corrected chi connectivity index (χ2v) is 5.97. The van der Waals surface area contributed by atoms with Crippen LogP contribution in [-0.2, 0) is 0 Å². The molecule has 0 radical (unpaired) electrons. The molecule has 0 fully saturated rings. The molecule has 0 bridgehead atoms. The fourth-order valence-electron chi connectivity index (χ4n) is 2.69. The van der Waals surface area contributed by atoms with E-state index in [0.29, 0.717) is 17.1 Å². The maximum absolute atomic E-state index is 14.4. The maximum Gasteiger partial charge on any atom is 0.278 e. The third kappa shape index (κ3) is 3.32. The van der Waals surface area contributed by atoms with Crippen molar-refractivity contribution in [3.63, 3.8) is 0 Å². The van der Waals surface area contributed by atoms with E-state index in [1.807, 2.05) is 37.3 Å². The predicted octanol–water partition coefficient (Wildman–Crippen LogP) is 3.36. The summed E-state index contributed by atoms with van der Waals surface area (Å²) in [6.45, 7) is 1.87. The highest BCUT2D eigenvalue weighted by Gasteiger charge is 2.18. The molecule has 0 unspecified atom stereocenters. The number of benzene rings is 2. The average Bonchev–Trinajstić information content (AvgIpc) is 3.32. The van der Waals surface area contributed by atoms with Crippen LogP contribution in [0.5, 0.6) is 0 Å². The summed E-state index contributed by atoms with van der Waals surface area (Å²) in [6, 6.07) is 13.6. The van der Waals surface area contributed by atoms with Gasteiger partial charge in [-0.25, -0.2) is 9.07 Å². The molecule has 0 saturated heterocycles. The summed E-state index contributed by atoms with van der Waals surface area (Å²) in [4.78, 5) is 12.6. The van der Waals surface area contributed by atoms with Crippen LogP contribution in [0.4, 0.5) is 10.1 Å². The number of carbonyl (C=O) groups excluding carboxylic acids is 1. The number of H-pyrrole nitrogens is 1. The minimum atomic E-state index is -0.501. The van der Waals surface area contributed by atoms with Crippen molar-refractivity contribution in [2.24, 2.45) is 0 Å². The largest absolute Gasteiger partial charge is 0.320 e. The van der Waals surface area contributed by atoms with Gasteiger partial charge in [0, 0.05) is 17.4 Å². The standard InChI is InChI=1S/C19H15FN6O/c1-12-10-21-26(11-12)16-8-7-14(9-15(16)20)22-19(27)18-17(23-25-24-18)13-5-3-2-4-6-13/h2-11H,1H3,(H,22,27)(H,23,24,25). The molecule has 2 aromatic carbocycles. The SMILES string of the molecule is Cc1cnn(-c2ccc(NC(=O)c3n[nH]nc3-c3ccccc3)cc2F)c1. The van der Waals surface area contributed by atoms with E-state index in [9.17, 15) is 9.18 Å². The van der Waals surface area contributed by atoms with Gasteiger partial charge in [-0.1, -0.05) is 30.3 Å². The third-order valence-corrected chi connectivity index (χ3v) is 3.97. The molecule has 0 spiro atoms. The Labute approximate surface area is 153 Å². The smallest absolute Gasteiger partial charge is 0.278 e. The second-order valence-electron chi connectivity index (χ2n) is 5.97. The van der Waals surface area contributed by atoms with E-state index in [-0.39, 0.29) is 5.69 Å². The van der Waals surface area contributed by atoms with Crippen LogP contribution in [0.3, 0.4) is 0 Å². The van der Waals surface area contributed by atoms with Gasteiger partial charge in [-0.2, -0.15) is 20.5 Å². The fraction of sp³-hybridized carbons (Fsp3) is 0.0526. The van der Waals surface area contributed by atoms with Crippen LogP contribution < -0.4 is 5.32 Å². The summed E-state index contributed by atoms with van der Waals surface area (Å²) >= 11 is 0. The average molecular weight is 362 g/mol. The molecule has 134 valence electrons. The molecule has 7 nitrogen and oxygen atoms in total. The van der Waals surface area contributed by atoms with Crippen LogP contribution in [0.2, 0.25) is 0 Å². The number of aromatic nitrogens is 5. The lowest BCUT2D eigenvalue weighted by atomic mass is 10.1. The highest BCUT2D eigenvalue weighted by Crippen LogP contribution is 2.22. The molecule has 0 aliphatic rings. The number of aryl methyl sites for hydroxylation is 1. The Morgan fingerprint density at radius 2 is 1.96 bits per heavy atom. The zero-order chi connectivity index (χ0) is 18.8. The first-order chi connectivity index (χ1) is 13.1. The van der Waals surface area contributed by atoms with Crippen molar-refractivity contribution in [1.82, 2.24) is 25.2 Å². The lowest BCUT2D eigenvalue weighted by molar-refractivity contribution is 0.102. The van der Waals surface area contributed by atoms with Crippen molar-refractivity contribution in [3.8, 4) is 16.9 Å². The number of hydrogen-bond donors (Lipinski definition) is 2. The van der Waals surface area contributed by atoms with Crippen LogP contribution in [0.15, 0.2) is 60.9 Å². The first kappa shape index (κ1) is 16.6. The topological polar surface area (TPSA) is 88.5 Å². The van der Waals surface area contributed by atoms with Crippen LogP contribution in [0, 0.1) is 12.7 Å². The van der Waals surface area contributed by atoms with Gasteiger partial charge in [-0.3, -0.25) is 4.79 Å². The minimum Gasteiger partial charge on any atom is -0.320 e. The summed E-state index contributed by atoms with van der Waals surface area (Å²) < 4.78 is 15.9. The summed E-state index contributed by atoms with van der Waals surface area (Å²) in [5.74, 6) is -0.982. The number of aromatic amines is 1. The Morgan fingerprint density at radius 3 is 2.67 bits per heavy atom. The van der Waals surface area contributed by atoms with Gasteiger partial charge in [-0.15, -0.1) is 0 Å². The highest BCUT2D eigenvalue weighted by atomic mass is 19.1. The first-order valence-electron chi connectivity index (χ1n) is 8.20. The van der Waals surface area contributed by atoms with E-state index in [1.54, 1.807) is 24.5 Å². The number of anilines is 1. The van der Waals surface area contributed by atoms with Crippen molar-refractivity contribution in [3.05, 3.63) is 78.0 Å². The fourth-order valence-corrected chi connectivity index (χ4v) is 2.69. The quantitative estimate of drug-likeness (QED) is 0.583. The maximum atomic E-state index is 14.4. The molecule has 4 aromatic rings. The summed E-state index contributed by atoms with van der Waals surface area (Å²) in [5, 5.41) is 17.2. The first-order valence-corrected chi connectivity index (χ1v) is 8.20. The molecule has 2 aromatic heterocycles. The van der Waals surface area contributed by atoms with Crippen LogP contribution in [0.25, 0.3) is 16.9 Å². The molecule has 0 atom stereocenters. The van der Waals surface area contributed by atoms with Crippen molar-refractivity contribution in [1.29, 1.82) is 0 Å². The monoisotopic (exact) mass is 362 g/mol. The highest BCUT2D eigenvalue weighted by molar-refractivity contribution is 6.06. The Bertz CT molecular complexity index is 1100. The number of carbonyl (C=O) groups is 1. The number of hydrogen-bond acceptors (Lipinski definition) is 4. The lowest BCUT2D eigenvalue weighted by Crippen LogP contribution is -2.14. The van der Waals surface area contributed by atoms with Gasteiger partial charge < -0.3 is 5.32 Å². The molecule has 27 heavy (non-hydrogen) atoms. The van der Waals surface area contributed by atoms with Crippen LogP contribution in [-0.4, -0.2) is 31.1 Å². The second kappa shape index (κ2) is 6.83. The van der Waals surface area contributed by atoms with Crippen LogP contribution >= 0.6 is 0 Å². The number of nitrogens with one attached hydrogen (secondary N) is 2. The zero-order valence-corrected chi connectivity index (χ0v) is 14.3. The van der Waals surface area contributed by atoms with E-state index >= 15 is 0 Å². The van der Waals surface area contributed by atoms with Gasteiger partial charge in [0.05, 0.1) is 6.20 Å². The van der Waals surface area contributed by atoms with Gasteiger partial charge in [0.1, 0.15) is 11.4 Å². The Balaban J connectivity index is 1.58. The van der Waals surface area contributed by atoms with Crippen molar-refractivity contribution in [2.45, 2.75) is 6.92 Å². The van der Waals surface area contributed by atoms with E-state index in [2.05, 4.69) is 25.8 Å². The van der Waals surface area contributed by atoms with Gasteiger partial charge >= 0.3 is 0 Å². The lowest BCUT2D eigenvalue weighted by Gasteiger charge is -2.08. The van der Waals surface area contributed by atoms with Crippen molar-refractivity contribution < 1.29 is 9.18 Å². The van der Waals surface area contributed by atoms with E-state index in [1.165, 1.54) is 10.7 Å². The van der Waals surface area contributed by atoms with Gasteiger partial charge in [0.15, 0.2) is 11.5 Å². The molecule has 2 N–H and O–H groups in total. The molecule has 4 rings (SSSR count). The van der Waals surface area contributed by atoms with Crippen LogP contribution in [0.1, 0.15) is 16.1 Å². The zero-order valence-electron chi connectivity index (χ0n) is 14.3. The molecule has 0 aliphatic heterocycles. The number of nitrogens with zero attached hydrogens (tertiary/aromatic N) is 4. The predicted molar refractivity (Wildman–Crippen MR) is 98.0 cm³/mol. The number of rotatable bonds is 4. The summed E-state index contributed by atoms with van der Waals surface area (Å²) in [5.41, 5.74) is 2.85. The normalized spacial score (nSPS) is 10.7. The molecule has 0 saturated carbocycles. The summed E-state index contributed by atoms with van der Waals surface area (Å²) in [7, 11) is 0. The number of halogens is 1. The Kier molecular flexibility index (Phi) is 4.21. The molecular weight excluding hydrogens is 347 g/mol. The molecule has 2 heterocycles. The molecule has 0 aliphatic carbocycles. The molecule has 8 heteroatoms. The third-order valence-electron chi connectivity index (χ3n) is 3.97. The van der Waals surface area contributed by atoms with Gasteiger partial charge in [0.2, 0.25) is 0 Å². The van der Waals surface area contributed by atoms with E-state index < -0.39 is 11.7 Å². The Hall–Kier alpha value is -3.81. The number of amides is 1. The van der Waals surface area contributed by atoms with E-state index in [4.69, 9.17) is 0 Å². The van der Waals surface area contributed by atoms with Crippen molar-refractivity contribution in [2.75, 3.05) is 5.32 Å².